The Balaban J connectivity index is 2.07. The van der Waals surface area contributed by atoms with Crippen molar-refractivity contribution in [3.8, 4) is 0 Å². The van der Waals surface area contributed by atoms with Gasteiger partial charge in [0.1, 0.15) is 0 Å². The Morgan fingerprint density at radius 2 is 2.00 bits per heavy atom. The van der Waals surface area contributed by atoms with Gasteiger partial charge in [0, 0.05) is 6.61 Å². The van der Waals surface area contributed by atoms with Crippen LogP contribution in [-0.4, -0.2) is 29.7 Å². The predicted molar refractivity (Wildman–Crippen MR) is 59.9 cm³/mol. The van der Waals surface area contributed by atoms with E-state index >= 15 is 0 Å². The zero-order valence-corrected chi connectivity index (χ0v) is 9.50. The molecule has 1 aromatic rings. The van der Waals surface area contributed by atoms with E-state index in [1.54, 1.807) is 6.92 Å². The second kappa shape index (κ2) is 4.97. The maximum absolute atomic E-state index is 11.8. The SMILES string of the molecule is CCOC1[N]C(=O)N(Cc2ccccc2)C1=O. The molecule has 1 unspecified atom stereocenters. The van der Waals surface area contributed by atoms with Gasteiger partial charge in [-0.1, -0.05) is 30.3 Å². The molecule has 0 aliphatic carbocycles. The van der Waals surface area contributed by atoms with E-state index < -0.39 is 12.3 Å². The van der Waals surface area contributed by atoms with Gasteiger partial charge in [0.2, 0.25) is 6.23 Å². The maximum atomic E-state index is 11.8. The average molecular weight is 233 g/mol. The molecule has 1 aliphatic rings. The van der Waals surface area contributed by atoms with E-state index in [-0.39, 0.29) is 12.5 Å². The van der Waals surface area contributed by atoms with Gasteiger partial charge in [-0.2, -0.15) is 5.32 Å². The van der Waals surface area contributed by atoms with Crippen molar-refractivity contribution in [1.82, 2.24) is 10.2 Å². The number of carbonyl (C=O) groups excluding carboxylic acids is 2. The Hall–Kier alpha value is -1.88. The van der Waals surface area contributed by atoms with Gasteiger partial charge < -0.3 is 4.74 Å². The molecule has 1 aromatic carbocycles. The van der Waals surface area contributed by atoms with Crippen LogP contribution in [0.5, 0.6) is 0 Å². The highest BCUT2D eigenvalue weighted by Gasteiger charge is 2.40. The number of hydrogen-bond donors (Lipinski definition) is 0. The molecule has 89 valence electrons. The molecule has 2 rings (SSSR count). The van der Waals surface area contributed by atoms with Gasteiger partial charge in [-0.3, -0.25) is 9.69 Å². The third-order valence-electron chi connectivity index (χ3n) is 2.44. The van der Waals surface area contributed by atoms with E-state index in [1.165, 1.54) is 0 Å². The third kappa shape index (κ3) is 2.45. The Kier molecular flexibility index (Phi) is 3.39. The van der Waals surface area contributed by atoms with E-state index in [1.807, 2.05) is 30.3 Å². The quantitative estimate of drug-likeness (QED) is 0.732. The largest absolute Gasteiger partial charge is 0.349 e. The summed E-state index contributed by atoms with van der Waals surface area (Å²) in [7, 11) is 0. The van der Waals surface area contributed by atoms with Crippen LogP contribution in [0.3, 0.4) is 0 Å². The maximum Gasteiger partial charge on any atom is 0.349 e. The summed E-state index contributed by atoms with van der Waals surface area (Å²) in [5.41, 5.74) is 0.890. The summed E-state index contributed by atoms with van der Waals surface area (Å²) >= 11 is 0. The van der Waals surface area contributed by atoms with Crippen LogP contribution in [0.2, 0.25) is 0 Å². The van der Waals surface area contributed by atoms with Crippen molar-refractivity contribution in [1.29, 1.82) is 0 Å². The summed E-state index contributed by atoms with van der Waals surface area (Å²) in [6.45, 7) is 2.35. The van der Waals surface area contributed by atoms with Crippen molar-refractivity contribution in [2.24, 2.45) is 0 Å². The minimum atomic E-state index is -0.962. The van der Waals surface area contributed by atoms with Gasteiger partial charge in [-0.15, -0.1) is 0 Å². The molecule has 3 amide bonds. The third-order valence-corrected chi connectivity index (χ3v) is 2.44. The molecule has 1 aliphatic heterocycles. The average Bonchev–Trinajstić information content (AvgIpc) is 2.59. The number of nitrogens with zero attached hydrogens (tertiary/aromatic N) is 2. The molecule has 1 fully saturated rings. The minimum Gasteiger partial charge on any atom is -0.348 e. The molecular weight excluding hydrogens is 220 g/mol. The number of carbonyl (C=O) groups is 2. The van der Waals surface area contributed by atoms with E-state index in [4.69, 9.17) is 4.74 Å². The first-order valence-corrected chi connectivity index (χ1v) is 5.44. The first kappa shape index (κ1) is 11.6. The van der Waals surface area contributed by atoms with Crippen molar-refractivity contribution >= 4 is 11.9 Å². The number of rotatable bonds is 4. The highest BCUT2D eigenvalue weighted by molar-refractivity contribution is 6.03. The Morgan fingerprint density at radius 3 is 2.65 bits per heavy atom. The topological polar surface area (TPSA) is 60.7 Å². The van der Waals surface area contributed by atoms with E-state index in [0.717, 1.165) is 10.5 Å². The molecule has 1 radical (unpaired) electrons. The molecule has 0 aromatic heterocycles. The molecule has 0 spiro atoms. The van der Waals surface area contributed by atoms with E-state index in [9.17, 15) is 9.59 Å². The van der Waals surface area contributed by atoms with Crippen molar-refractivity contribution in [3.05, 3.63) is 35.9 Å². The standard InChI is InChI=1S/C12H13N2O3/c1-2-17-10-11(15)14(12(16)13-10)8-9-6-4-3-5-7-9/h3-7,10H,2,8H2,1H3. The molecule has 1 atom stereocenters. The summed E-state index contributed by atoms with van der Waals surface area (Å²) in [5.74, 6) is -0.388. The summed E-state index contributed by atoms with van der Waals surface area (Å²) in [5, 5.41) is 3.65. The van der Waals surface area contributed by atoms with E-state index in [2.05, 4.69) is 5.32 Å². The summed E-state index contributed by atoms with van der Waals surface area (Å²) < 4.78 is 5.07. The number of amides is 3. The van der Waals surface area contributed by atoms with Crippen LogP contribution in [0.15, 0.2) is 30.3 Å². The molecule has 17 heavy (non-hydrogen) atoms. The van der Waals surface area contributed by atoms with E-state index in [0.29, 0.717) is 6.61 Å². The molecular formula is C12H13N2O3. The Morgan fingerprint density at radius 1 is 1.29 bits per heavy atom. The second-order valence-electron chi connectivity index (χ2n) is 3.63. The summed E-state index contributed by atoms with van der Waals surface area (Å²) in [6, 6.07) is 8.78. The second-order valence-corrected chi connectivity index (χ2v) is 3.63. The van der Waals surface area contributed by atoms with Crippen LogP contribution in [-0.2, 0) is 16.1 Å². The zero-order chi connectivity index (χ0) is 12.3. The van der Waals surface area contributed by atoms with Gasteiger partial charge in [0.05, 0.1) is 6.54 Å². The van der Waals surface area contributed by atoms with Crippen LogP contribution < -0.4 is 5.32 Å². The first-order valence-electron chi connectivity index (χ1n) is 5.44. The molecule has 0 N–H and O–H groups in total. The fourth-order valence-corrected chi connectivity index (χ4v) is 1.63. The van der Waals surface area contributed by atoms with Gasteiger partial charge in [-0.25, -0.2) is 4.79 Å². The van der Waals surface area contributed by atoms with Crippen LogP contribution in [0.1, 0.15) is 12.5 Å². The Bertz CT molecular complexity index is 419. The Labute approximate surface area is 99.4 Å². The van der Waals surface area contributed by atoms with Crippen molar-refractivity contribution in [2.45, 2.75) is 19.7 Å². The number of hydrogen-bond acceptors (Lipinski definition) is 3. The zero-order valence-electron chi connectivity index (χ0n) is 9.50. The smallest absolute Gasteiger partial charge is 0.348 e. The molecule has 0 bridgehead atoms. The normalized spacial score (nSPS) is 19.6. The van der Waals surface area contributed by atoms with Crippen LogP contribution in [0.4, 0.5) is 4.79 Å². The lowest BCUT2D eigenvalue weighted by molar-refractivity contribution is -0.137. The number of urea groups is 1. The molecule has 1 saturated heterocycles. The predicted octanol–water partition coefficient (Wildman–Crippen LogP) is 1.12. The van der Waals surface area contributed by atoms with Crippen LogP contribution in [0.25, 0.3) is 0 Å². The van der Waals surface area contributed by atoms with Crippen LogP contribution >= 0.6 is 0 Å². The molecule has 1 heterocycles. The van der Waals surface area contributed by atoms with Gasteiger partial charge in [-0.05, 0) is 12.5 Å². The fourth-order valence-electron chi connectivity index (χ4n) is 1.63. The highest BCUT2D eigenvalue weighted by Crippen LogP contribution is 2.13. The fraction of sp³-hybridized carbons (Fsp3) is 0.333. The number of benzene rings is 1. The first-order chi connectivity index (χ1) is 8.22. The van der Waals surface area contributed by atoms with Crippen molar-refractivity contribution < 1.29 is 14.3 Å². The minimum absolute atomic E-state index is 0.242. The van der Waals surface area contributed by atoms with Gasteiger partial charge >= 0.3 is 6.03 Å². The molecule has 5 nitrogen and oxygen atoms in total. The van der Waals surface area contributed by atoms with Crippen molar-refractivity contribution in [2.75, 3.05) is 6.61 Å². The summed E-state index contributed by atoms with van der Waals surface area (Å²) in [4.78, 5) is 24.4. The lowest BCUT2D eigenvalue weighted by Crippen LogP contribution is -2.32. The van der Waals surface area contributed by atoms with Gasteiger partial charge in [0.25, 0.3) is 5.91 Å². The van der Waals surface area contributed by atoms with Gasteiger partial charge in [0.15, 0.2) is 0 Å². The summed E-state index contributed by atoms with van der Waals surface area (Å²) in [6.07, 6.45) is -0.962. The molecule has 0 saturated carbocycles. The number of imide groups is 1. The number of ether oxygens (including phenoxy) is 1. The van der Waals surface area contributed by atoms with Crippen molar-refractivity contribution in [3.63, 3.8) is 0 Å². The lowest BCUT2D eigenvalue weighted by Gasteiger charge is -2.12. The molecule has 5 heteroatoms. The van der Waals surface area contributed by atoms with Crippen LogP contribution in [0, 0.1) is 0 Å². The monoisotopic (exact) mass is 233 g/mol. The highest BCUT2D eigenvalue weighted by atomic mass is 16.5. The lowest BCUT2D eigenvalue weighted by atomic mass is 10.2.